The molecule has 0 aliphatic carbocycles. The molecule has 0 saturated carbocycles. The second-order valence-electron chi connectivity index (χ2n) is 6.97. The Hall–Kier alpha value is -2.70. The highest BCUT2D eigenvalue weighted by Gasteiger charge is 2.39. The lowest BCUT2D eigenvalue weighted by Gasteiger charge is -2.31. The molecule has 0 aromatic rings. The third-order valence-electron chi connectivity index (χ3n) is 4.40. The Bertz CT molecular complexity index is 781. The highest BCUT2D eigenvalue weighted by atomic mass is 32.2. The molecule has 0 spiro atoms. The highest BCUT2D eigenvalue weighted by molar-refractivity contribution is 7.89. The van der Waals surface area contributed by atoms with Crippen LogP contribution in [-0.2, 0) is 34.0 Å². The van der Waals surface area contributed by atoms with E-state index in [-0.39, 0.29) is 4.31 Å². The molecule has 0 saturated heterocycles. The molecule has 0 aromatic heterocycles. The van der Waals surface area contributed by atoms with E-state index >= 15 is 0 Å². The summed E-state index contributed by atoms with van der Waals surface area (Å²) in [5.41, 5.74) is 0. The fourth-order valence-corrected chi connectivity index (χ4v) is 3.75. The number of sulfonamides is 1. The summed E-state index contributed by atoms with van der Waals surface area (Å²) in [6.45, 7) is 5.45. The molecule has 13 heteroatoms. The molecule has 12 nitrogen and oxygen atoms in total. The van der Waals surface area contributed by atoms with Crippen LogP contribution in [0.5, 0.6) is 0 Å². The van der Waals surface area contributed by atoms with Crippen molar-refractivity contribution in [1.29, 1.82) is 0 Å². The van der Waals surface area contributed by atoms with Gasteiger partial charge in [0, 0.05) is 13.3 Å². The van der Waals surface area contributed by atoms with Crippen LogP contribution in [0.4, 0.5) is 0 Å². The zero-order valence-electron chi connectivity index (χ0n) is 17.5. The van der Waals surface area contributed by atoms with Crippen molar-refractivity contribution < 1.29 is 42.6 Å². The van der Waals surface area contributed by atoms with Crippen LogP contribution in [0, 0.1) is 5.92 Å². The Morgan fingerprint density at radius 1 is 1.03 bits per heavy atom. The molecule has 0 bridgehead atoms. The number of aliphatic carboxylic acids is 2. The van der Waals surface area contributed by atoms with Gasteiger partial charge in [0.25, 0.3) is 5.91 Å². The van der Waals surface area contributed by atoms with Gasteiger partial charge in [0.05, 0.1) is 6.26 Å². The fraction of sp³-hybridized carbons (Fsp3) is 0.706. The number of carbonyl (C=O) groups excluding carboxylic acids is 3. The summed E-state index contributed by atoms with van der Waals surface area (Å²) < 4.78 is 24.7. The highest BCUT2D eigenvalue weighted by Crippen LogP contribution is 2.14. The van der Waals surface area contributed by atoms with Crippen molar-refractivity contribution >= 4 is 39.7 Å². The minimum absolute atomic E-state index is 0.223. The molecule has 4 atom stereocenters. The van der Waals surface area contributed by atoms with E-state index in [0.717, 1.165) is 13.8 Å². The van der Waals surface area contributed by atoms with Crippen molar-refractivity contribution in [2.45, 2.75) is 65.1 Å². The molecule has 0 aromatic carbocycles. The molecule has 30 heavy (non-hydrogen) atoms. The molecule has 172 valence electrons. The van der Waals surface area contributed by atoms with Gasteiger partial charge in [0.1, 0.15) is 18.1 Å². The predicted octanol–water partition coefficient (Wildman–Crippen LogP) is -0.852. The first-order valence-corrected chi connectivity index (χ1v) is 11.0. The van der Waals surface area contributed by atoms with Gasteiger partial charge in [-0.2, -0.15) is 0 Å². The number of carbonyl (C=O) groups is 5. The van der Waals surface area contributed by atoms with E-state index in [4.69, 9.17) is 5.11 Å². The van der Waals surface area contributed by atoms with Gasteiger partial charge >= 0.3 is 11.9 Å². The average Bonchev–Trinajstić information content (AvgIpc) is 2.60. The van der Waals surface area contributed by atoms with Gasteiger partial charge in [-0.05, 0) is 19.3 Å². The van der Waals surface area contributed by atoms with Crippen LogP contribution < -0.4 is 10.6 Å². The Morgan fingerprint density at radius 2 is 1.57 bits per heavy atom. The zero-order valence-corrected chi connectivity index (χ0v) is 18.4. The maximum atomic E-state index is 12.8. The Balaban J connectivity index is 5.86. The van der Waals surface area contributed by atoms with Crippen molar-refractivity contribution in [3.63, 3.8) is 0 Å². The van der Waals surface area contributed by atoms with E-state index in [1.807, 2.05) is 0 Å². The first-order chi connectivity index (χ1) is 13.6. The van der Waals surface area contributed by atoms with Crippen LogP contribution in [0.2, 0.25) is 0 Å². The standard InChI is InChI=1S/C17H29N3O9S/c1-6-9(2)14(17(26)27)19-15(24)10(3)20(30(5,28)29)16(25)12(18-11(4)21)7-8-13(22)23/h9-10,12,14H,6-8H2,1-5H3,(H,18,21)(H,19,24)(H,22,23)(H,26,27)/t9-,10-,12-,14-/m0/s1. The quantitative estimate of drug-likeness (QED) is 0.293. The number of amides is 3. The summed E-state index contributed by atoms with van der Waals surface area (Å²) in [5.74, 6) is -5.99. The van der Waals surface area contributed by atoms with Crippen molar-refractivity contribution in [2.75, 3.05) is 6.26 Å². The fourth-order valence-electron chi connectivity index (χ4n) is 2.63. The van der Waals surface area contributed by atoms with E-state index in [1.165, 1.54) is 0 Å². The minimum Gasteiger partial charge on any atom is -0.481 e. The van der Waals surface area contributed by atoms with Gasteiger partial charge in [-0.1, -0.05) is 20.3 Å². The molecular weight excluding hydrogens is 422 g/mol. The summed E-state index contributed by atoms with van der Waals surface area (Å²) in [6, 6.07) is -4.45. The molecule has 4 N–H and O–H groups in total. The van der Waals surface area contributed by atoms with Gasteiger partial charge in [0.2, 0.25) is 21.8 Å². The Kier molecular flexibility index (Phi) is 10.4. The number of nitrogens with zero attached hydrogens (tertiary/aromatic N) is 1. The molecule has 0 unspecified atom stereocenters. The number of rotatable bonds is 12. The van der Waals surface area contributed by atoms with Crippen molar-refractivity contribution in [1.82, 2.24) is 14.9 Å². The SMILES string of the molecule is CC[C@H](C)[C@H](NC(=O)[C@H](C)N(C(=O)[C@H](CCC(=O)O)NC(C)=O)S(C)(=O)=O)C(=O)O. The number of carboxylic acid groups (broad SMARTS) is 2. The number of nitrogens with one attached hydrogen (secondary N) is 2. The second-order valence-corrected chi connectivity index (χ2v) is 8.83. The topological polar surface area (TPSA) is 187 Å². The third kappa shape index (κ3) is 8.35. The molecule has 0 radical (unpaired) electrons. The molecule has 0 heterocycles. The van der Waals surface area contributed by atoms with Crippen LogP contribution in [0.3, 0.4) is 0 Å². The minimum atomic E-state index is -4.33. The van der Waals surface area contributed by atoms with Crippen molar-refractivity contribution in [2.24, 2.45) is 5.92 Å². The van der Waals surface area contributed by atoms with Gasteiger partial charge in [-0.15, -0.1) is 0 Å². The summed E-state index contributed by atoms with van der Waals surface area (Å²) >= 11 is 0. The lowest BCUT2D eigenvalue weighted by molar-refractivity contribution is -0.144. The lowest BCUT2D eigenvalue weighted by Crippen LogP contribution is -2.58. The van der Waals surface area contributed by atoms with Gasteiger partial charge in [-0.25, -0.2) is 17.5 Å². The van der Waals surface area contributed by atoms with Gasteiger partial charge in [-0.3, -0.25) is 19.2 Å². The third-order valence-corrected chi connectivity index (χ3v) is 5.62. The molecule has 0 rings (SSSR count). The zero-order chi connectivity index (χ0) is 23.8. The van der Waals surface area contributed by atoms with E-state index in [9.17, 15) is 37.5 Å². The number of hydrogen-bond acceptors (Lipinski definition) is 7. The second kappa shape index (κ2) is 11.5. The first-order valence-electron chi connectivity index (χ1n) is 9.18. The van der Waals surface area contributed by atoms with Gasteiger partial charge in [0.15, 0.2) is 0 Å². The van der Waals surface area contributed by atoms with Crippen molar-refractivity contribution in [3.05, 3.63) is 0 Å². The smallest absolute Gasteiger partial charge is 0.326 e. The molecule has 0 aliphatic heterocycles. The predicted molar refractivity (Wildman–Crippen MR) is 105 cm³/mol. The van der Waals surface area contributed by atoms with E-state index in [0.29, 0.717) is 12.7 Å². The van der Waals surface area contributed by atoms with Crippen LogP contribution in [0.15, 0.2) is 0 Å². The molecule has 0 fully saturated rings. The Labute approximate surface area is 175 Å². The van der Waals surface area contributed by atoms with Crippen LogP contribution in [0.1, 0.15) is 47.0 Å². The van der Waals surface area contributed by atoms with E-state index in [1.54, 1.807) is 13.8 Å². The van der Waals surface area contributed by atoms with Crippen molar-refractivity contribution in [3.8, 4) is 0 Å². The maximum Gasteiger partial charge on any atom is 0.326 e. The summed E-state index contributed by atoms with van der Waals surface area (Å²) in [5, 5.41) is 22.5. The summed E-state index contributed by atoms with van der Waals surface area (Å²) in [4.78, 5) is 59.0. The van der Waals surface area contributed by atoms with Gasteiger partial charge < -0.3 is 20.8 Å². The maximum absolute atomic E-state index is 12.8. The van der Waals surface area contributed by atoms with Crippen LogP contribution >= 0.6 is 0 Å². The van der Waals surface area contributed by atoms with Crippen LogP contribution in [-0.4, -0.2) is 77.0 Å². The van der Waals surface area contributed by atoms with E-state index < -0.39 is 76.6 Å². The number of hydrogen-bond donors (Lipinski definition) is 4. The molecule has 3 amide bonds. The largest absolute Gasteiger partial charge is 0.481 e. The van der Waals surface area contributed by atoms with E-state index in [2.05, 4.69) is 10.6 Å². The normalized spacial score (nSPS) is 15.2. The average molecular weight is 451 g/mol. The monoisotopic (exact) mass is 451 g/mol. The molecule has 0 aliphatic rings. The Morgan fingerprint density at radius 3 is 1.93 bits per heavy atom. The summed E-state index contributed by atoms with van der Waals surface area (Å²) in [7, 11) is -4.33. The first kappa shape index (κ1) is 27.3. The van der Waals surface area contributed by atoms with Crippen LogP contribution in [0.25, 0.3) is 0 Å². The molecular formula is C17H29N3O9S. The number of carboxylic acids is 2. The summed E-state index contributed by atoms with van der Waals surface area (Å²) in [6.07, 6.45) is 0.142. The lowest BCUT2D eigenvalue weighted by atomic mass is 9.99.